The first-order valence-corrected chi connectivity index (χ1v) is 9.27. The summed E-state index contributed by atoms with van der Waals surface area (Å²) in [4.78, 5) is 0. The highest BCUT2D eigenvalue weighted by atomic mass is 28.3. The molecular formula is C20H20OSi. The van der Waals surface area contributed by atoms with E-state index in [-0.39, 0.29) is 6.10 Å². The zero-order valence-corrected chi connectivity index (χ0v) is 13.9. The van der Waals surface area contributed by atoms with E-state index in [0.29, 0.717) is 0 Å². The highest BCUT2D eigenvalue weighted by Gasteiger charge is 2.20. The van der Waals surface area contributed by atoms with Crippen LogP contribution in [0.15, 0.2) is 91.0 Å². The van der Waals surface area contributed by atoms with Crippen LogP contribution in [0.4, 0.5) is 0 Å². The second-order valence-electron chi connectivity index (χ2n) is 5.39. The fourth-order valence-corrected chi connectivity index (χ4v) is 5.02. The molecule has 0 aromatic heterocycles. The van der Waals surface area contributed by atoms with Crippen molar-refractivity contribution >= 4 is 19.4 Å². The Morgan fingerprint density at radius 2 is 1.05 bits per heavy atom. The monoisotopic (exact) mass is 304 g/mol. The van der Waals surface area contributed by atoms with Crippen molar-refractivity contribution in [2.24, 2.45) is 0 Å². The number of hydrogen-bond donors (Lipinski definition) is 0. The van der Waals surface area contributed by atoms with E-state index in [0.717, 1.165) is 0 Å². The number of rotatable bonds is 5. The first-order chi connectivity index (χ1) is 10.8. The molecule has 0 radical (unpaired) electrons. The molecule has 1 nitrogen and oxygen atoms in total. The van der Waals surface area contributed by atoms with Gasteiger partial charge >= 0.3 is 0 Å². The molecular weight excluding hydrogens is 284 g/mol. The number of hydrogen-bond acceptors (Lipinski definition) is 1. The highest BCUT2D eigenvalue weighted by molar-refractivity contribution is 6.80. The lowest BCUT2D eigenvalue weighted by Gasteiger charge is -2.22. The summed E-state index contributed by atoms with van der Waals surface area (Å²) in [5, 5.41) is 2.63. The lowest BCUT2D eigenvalue weighted by molar-refractivity contribution is 0.237. The quantitative estimate of drug-likeness (QED) is 0.657. The molecule has 0 unspecified atom stereocenters. The van der Waals surface area contributed by atoms with Crippen LogP contribution in [0.2, 0.25) is 0 Å². The van der Waals surface area contributed by atoms with E-state index >= 15 is 0 Å². The Morgan fingerprint density at radius 3 is 1.50 bits per heavy atom. The van der Waals surface area contributed by atoms with Crippen LogP contribution in [0.25, 0.3) is 0 Å². The van der Waals surface area contributed by atoms with Gasteiger partial charge in [0.2, 0.25) is 9.04 Å². The molecule has 3 aromatic rings. The van der Waals surface area contributed by atoms with Gasteiger partial charge in [-0.25, -0.2) is 0 Å². The third kappa shape index (κ3) is 3.53. The van der Waals surface area contributed by atoms with Crippen LogP contribution in [-0.2, 0) is 4.43 Å². The maximum absolute atomic E-state index is 6.55. The summed E-state index contributed by atoms with van der Waals surface area (Å²) >= 11 is 0. The van der Waals surface area contributed by atoms with Crippen molar-refractivity contribution in [2.45, 2.75) is 13.0 Å². The molecule has 0 heterocycles. The fourth-order valence-electron chi connectivity index (χ4n) is 2.61. The molecule has 0 aliphatic heterocycles. The zero-order valence-electron chi connectivity index (χ0n) is 12.7. The van der Waals surface area contributed by atoms with Crippen LogP contribution < -0.4 is 10.4 Å². The minimum atomic E-state index is -1.68. The standard InChI is InChI=1S/C20H20OSi/c1-17(18-11-5-2-6-12-18)21-22(19-13-7-3-8-14-19)20-15-9-4-10-16-20/h2-17,22H,1H3/t17-/m0/s1. The maximum Gasteiger partial charge on any atom is 0.240 e. The average Bonchev–Trinajstić information content (AvgIpc) is 2.62. The van der Waals surface area contributed by atoms with Gasteiger partial charge in [-0.1, -0.05) is 91.0 Å². The van der Waals surface area contributed by atoms with Gasteiger partial charge in [-0.2, -0.15) is 0 Å². The molecule has 0 bridgehead atoms. The van der Waals surface area contributed by atoms with E-state index in [9.17, 15) is 0 Å². The van der Waals surface area contributed by atoms with Crippen LogP contribution in [0.5, 0.6) is 0 Å². The average molecular weight is 304 g/mol. The largest absolute Gasteiger partial charge is 0.404 e. The second kappa shape index (κ2) is 7.21. The van der Waals surface area contributed by atoms with Gasteiger partial charge in [0.15, 0.2) is 0 Å². The van der Waals surface area contributed by atoms with E-state index in [2.05, 4.69) is 91.9 Å². The minimum Gasteiger partial charge on any atom is -0.404 e. The fraction of sp³-hybridized carbons (Fsp3) is 0.100. The normalized spacial score (nSPS) is 12.3. The summed E-state index contributed by atoms with van der Waals surface area (Å²) in [5.41, 5.74) is 1.23. The molecule has 0 aliphatic carbocycles. The van der Waals surface area contributed by atoms with Crippen LogP contribution in [0, 0.1) is 0 Å². The van der Waals surface area contributed by atoms with Gasteiger partial charge in [-0.15, -0.1) is 0 Å². The summed E-state index contributed by atoms with van der Waals surface area (Å²) in [7, 11) is -1.68. The molecule has 1 atom stereocenters. The van der Waals surface area contributed by atoms with E-state index in [1.54, 1.807) is 0 Å². The summed E-state index contributed by atoms with van der Waals surface area (Å²) in [6.45, 7) is 2.14. The van der Waals surface area contributed by atoms with Crippen LogP contribution in [0.1, 0.15) is 18.6 Å². The Balaban J connectivity index is 1.90. The van der Waals surface area contributed by atoms with Crippen LogP contribution >= 0.6 is 0 Å². The Kier molecular flexibility index (Phi) is 4.84. The summed E-state index contributed by atoms with van der Waals surface area (Å²) in [6.07, 6.45) is 0.0956. The van der Waals surface area contributed by atoms with Crippen molar-refractivity contribution < 1.29 is 4.43 Å². The molecule has 3 aromatic carbocycles. The first kappa shape index (κ1) is 14.8. The van der Waals surface area contributed by atoms with Gasteiger partial charge in [0.25, 0.3) is 0 Å². The maximum atomic E-state index is 6.55. The topological polar surface area (TPSA) is 9.23 Å². The summed E-state index contributed by atoms with van der Waals surface area (Å²) in [6, 6.07) is 31.6. The lowest BCUT2D eigenvalue weighted by atomic mass is 10.1. The molecule has 0 saturated carbocycles. The predicted molar refractivity (Wildman–Crippen MR) is 95.2 cm³/mol. The van der Waals surface area contributed by atoms with Crippen molar-refractivity contribution in [1.82, 2.24) is 0 Å². The van der Waals surface area contributed by atoms with E-state index in [4.69, 9.17) is 4.43 Å². The Bertz CT molecular complexity index is 643. The third-order valence-corrected chi connectivity index (χ3v) is 6.48. The van der Waals surface area contributed by atoms with Crippen molar-refractivity contribution in [2.75, 3.05) is 0 Å². The van der Waals surface area contributed by atoms with E-state index < -0.39 is 9.04 Å². The van der Waals surface area contributed by atoms with E-state index in [1.807, 2.05) is 6.07 Å². The van der Waals surface area contributed by atoms with Crippen molar-refractivity contribution in [1.29, 1.82) is 0 Å². The molecule has 2 heteroatoms. The van der Waals surface area contributed by atoms with Gasteiger partial charge in [0.1, 0.15) is 0 Å². The Morgan fingerprint density at radius 1 is 0.636 bits per heavy atom. The van der Waals surface area contributed by atoms with Crippen molar-refractivity contribution in [3.8, 4) is 0 Å². The molecule has 110 valence electrons. The zero-order chi connectivity index (χ0) is 15.2. The predicted octanol–water partition coefficient (Wildman–Crippen LogP) is 3.30. The first-order valence-electron chi connectivity index (χ1n) is 7.65. The molecule has 0 amide bonds. The van der Waals surface area contributed by atoms with E-state index in [1.165, 1.54) is 15.9 Å². The lowest BCUT2D eigenvalue weighted by Crippen LogP contribution is -2.45. The summed E-state index contributed by atoms with van der Waals surface area (Å²) < 4.78 is 6.55. The molecule has 0 aliphatic rings. The molecule has 0 N–H and O–H groups in total. The Hall–Kier alpha value is -2.16. The van der Waals surface area contributed by atoms with Gasteiger partial charge in [0, 0.05) is 0 Å². The molecule has 0 spiro atoms. The number of benzene rings is 3. The molecule has 3 rings (SSSR count). The molecule has 0 fully saturated rings. The second-order valence-corrected chi connectivity index (χ2v) is 7.76. The van der Waals surface area contributed by atoms with Crippen LogP contribution in [-0.4, -0.2) is 9.04 Å². The van der Waals surface area contributed by atoms with Gasteiger partial charge < -0.3 is 4.43 Å². The summed E-state index contributed by atoms with van der Waals surface area (Å²) in [5.74, 6) is 0. The molecule has 0 saturated heterocycles. The van der Waals surface area contributed by atoms with Crippen molar-refractivity contribution in [3.63, 3.8) is 0 Å². The smallest absolute Gasteiger partial charge is 0.240 e. The van der Waals surface area contributed by atoms with Gasteiger partial charge in [0.05, 0.1) is 6.10 Å². The Labute approximate surface area is 133 Å². The third-order valence-electron chi connectivity index (χ3n) is 3.81. The molecule has 22 heavy (non-hydrogen) atoms. The highest BCUT2D eigenvalue weighted by Crippen LogP contribution is 2.17. The van der Waals surface area contributed by atoms with Gasteiger partial charge in [-0.3, -0.25) is 0 Å². The van der Waals surface area contributed by atoms with Crippen LogP contribution in [0.3, 0.4) is 0 Å². The minimum absolute atomic E-state index is 0.0956. The van der Waals surface area contributed by atoms with Crippen molar-refractivity contribution in [3.05, 3.63) is 96.6 Å². The van der Waals surface area contributed by atoms with Gasteiger partial charge in [-0.05, 0) is 22.9 Å². The SMILES string of the molecule is C[C@H](O[SiH](c1ccccc1)c1ccccc1)c1ccccc1.